The maximum atomic E-state index is 14.5. The van der Waals surface area contributed by atoms with Gasteiger partial charge in [-0.1, -0.05) is 11.6 Å². The summed E-state index contributed by atoms with van der Waals surface area (Å²) in [4.78, 5) is 9.73. The Labute approximate surface area is 178 Å². The fraction of sp³-hybridized carbons (Fsp3) is 0.316. The molecule has 1 fully saturated rings. The van der Waals surface area contributed by atoms with Crippen LogP contribution >= 0.6 is 22.9 Å². The van der Waals surface area contributed by atoms with E-state index in [-0.39, 0.29) is 47.5 Å². The van der Waals surface area contributed by atoms with Crippen LogP contribution < -0.4 is 5.31 Å². The van der Waals surface area contributed by atoms with Crippen molar-refractivity contribution in [3.05, 3.63) is 51.6 Å². The lowest BCUT2D eigenvalue weighted by molar-refractivity contribution is 0.208. The molecule has 1 N–H and O–H groups in total. The van der Waals surface area contributed by atoms with Crippen molar-refractivity contribution in [3.8, 4) is 6.07 Å². The molecular weight excluding hydrogens is 404 g/mol. The molecule has 0 saturated carbocycles. The van der Waals surface area contributed by atoms with E-state index in [1.54, 1.807) is 0 Å². The van der Waals surface area contributed by atoms with E-state index in [0.29, 0.717) is 10.9 Å². The van der Waals surface area contributed by atoms with Gasteiger partial charge < -0.3 is 5.31 Å². The van der Waals surface area contributed by atoms with Crippen molar-refractivity contribution in [2.45, 2.75) is 25.4 Å². The highest BCUT2D eigenvalue weighted by Gasteiger charge is 2.22. The second-order valence-electron chi connectivity index (χ2n) is 5.98. The summed E-state index contributed by atoms with van der Waals surface area (Å²) in [5.74, 6) is -2.49. The molecule has 144 valence electrons. The molecule has 0 bridgehead atoms. The van der Waals surface area contributed by atoms with E-state index in [9.17, 15) is 8.78 Å². The molecule has 3 aromatic rings. The zero-order valence-corrected chi connectivity index (χ0v) is 15.8. The highest BCUT2D eigenvalue weighted by molar-refractivity contribution is 7.22. The van der Waals surface area contributed by atoms with Crippen molar-refractivity contribution in [1.29, 1.82) is 5.26 Å². The van der Waals surface area contributed by atoms with Gasteiger partial charge in [-0.3, -0.25) is 4.90 Å². The predicted molar refractivity (Wildman–Crippen MR) is 105 cm³/mol. The summed E-state index contributed by atoms with van der Waals surface area (Å²) < 4.78 is 78.9. The van der Waals surface area contributed by atoms with Crippen molar-refractivity contribution in [2.75, 3.05) is 18.4 Å². The topological polar surface area (TPSA) is 64.8 Å². The first kappa shape index (κ1) is 13.0. The van der Waals surface area contributed by atoms with Gasteiger partial charge in [0.15, 0.2) is 1.41 Å². The zero-order chi connectivity index (χ0) is 25.0. The molecule has 1 saturated heterocycles. The highest BCUT2D eigenvalue weighted by Crippen LogP contribution is 2.32. The number of rotatable bonds is 4. The molecule has 0 amide bonds. The van der Waals surface area contributed by atoms with Crippen LogP contribution in [0, 0.1) is 23.0 Å². The van der Waals surface area contributed by atoms with E-state index in [0.717, 1.165) is 16.6 Å². The van der Waals surface area contributed by atoms with Gasteiger partial charge in [-0.2, -0.15) is 5.26 Å². The molecule has 28 heavy (non-hydrogen) atoms. The SMILES string of the molecule is [2H]c1c(C#N)c(F)cc(F)c1C([2H])([2H])N1CCC([2H])(N([2H])c2ncnc3sc(Cl)c([2H])c23)CC1. The number of nitriles is 1. The summed E-state index contributed by atoms with van der Waals surface area (Å²) in [6.45, 7) is -2.77. The standard InChI is InChI=1S/C19H16ClF2N5S/c20-17-6-14-18(24-10-25-19(14)28-17)26-13-1-3-27(4-2-13)9-12-5-11(8-23)15(21)7-16(12)22/h5-7,10,13H,1-4,9H2,(H,24,25,26)/i5D,6D,9D2,13D/hD. The third kappa shape index (κ3) is 3.92. The van der Waals surface area contributed by atoms with E-state index in [1.165, 1.54) is 17.3 Å². The van der Waals surface area contributed by atoms with Gasteiger partial charge in [-0.25, -0.2) is 18.7 Å². The minimum absolute atomic E-state index is 0.0290. The number of hydrogen-bond donors (Lipinski definition) is 1. The molecule has 0 aliphatic carbocycles. The van der Waals surface area contributed by atoms with Crippen molar-refractivity contribution in [2.24, 2.45) is 0 Å². The number of benzene rings is 1. The van der Waals surface area contributed by atoms with Crippen molar-refractivity contribution >= 4 is 39.0 Å². The van der Waals surface area contributed by atoms with Gasteiger partial charge in [0.25, 0.3) is 0 Å². The molecule has 1 aliphatic heterocycles. The van der Waals surface area contributed by atoms with Crippen LogP contribution in [0.1, 0.15) is 30.8 Å². The highest BCUT2D eigenvalue weighted by atomic mass is 35.5. The number of aromatic nitrogens is 2. The van der Waals surface area contributed by atoms with E-state index in [4.69, 9.17) is 25.1 Å². The predicted octanol–water partition coefficient (Wildman–Crippen LogP) is 4.57. The van der Waals surface area contributed by atoms with Crippen LogP contribution in [0.3, 0.4) is 0 Å². The number of nitrogens with one attached hydrogen (secondary N) is 1. The number of thiophene rings is 1. The number of halogens is 3. The van der Waals surface area contributed by atoms with E-state index >= 15 is 0 Å². The molecule has 0 radical (unpaired) electrons. The number of piperidine rings is 1. The van der Waals surface area contributed by atoms with E-state index in [2.05, 4.69) is 9.97 Å². The number of likely N-dealkylation sites (tertiary alicyclic amines) is 1. The number of nitrogens with zero attached hydrogens (tertiary/aromatic N) is 4. The van der Waals surface area contributed by atoms with Gasteiger partial charge in [-0.15, -0.1) is 11.3 Å². The van der Waals surface area contributed by atoms with Gasteiger partial charge in [0.2, 0.25) is 0 Å². The Balaban J connectivity index is 1.62. The molecule has 4 rings (SSSR count). The fourth-order valence-corrected chi connectivity index (χ4v) is 3.78. The lowest BCUT2D eigenvalue weighted by Gasteiger charge is -2.32. The Morgan fingerprint density at radius 3 is 2.96 bits per heavy atom. The van der Waals surface area contributed by atoms with Crippen LogP contribution in [0.4, 0.5) is 14.6 Å². The molecule has 1 aromatic carbocycles. The fourth-order valence-electron chi connectivity index (χ4n) is 2.80. The Hall–Kier alpha value is -2.34. The quantitative estimate of drug-likeness (QED) is 0.663. The van der Waals surface area contributed by atoms with Crippen LogP contribution in [0.25, 0.3) is 10.2 Å². The number of hydrogen-bond acceptors (Lipinski definition) is 6. The molecular formula is C19H16ClF2N5S. The maximum Gasteiger partial charge on any atom is 0.162 e. The van der Waals surface area contributed by atoms with Crippen LogP contribution in [0.2, 0.25) is 5.75 Å². The first-order valence-corrected chi connectivity index (χ1v) is 9.44. The lowest BCUT2D eigenvalue weighted by Crippen LogP contribution is -2.39. The molecule has 0 atom stereocenters. The smallest absolute Gasteiger partial charge is 0.162 e. The first-order chi connectivity index (χ1) is 15.9. The Bertz CT molecular complexity index is 1320. The third-order valence-electron chi connectivity index (χ3n) is 4.17. The van der Waals surface area contributed by atoms with Gasteiger partial charge in [-0.05, 0) is 24.9 Å². The lowest BCUT2D eigenvalue weighted by atomic mass is 10.0. The van der Waals surface area contributed by atoms with Gasteiger partial charge in [0.05, 0.1) is 19.4 Å². The third-order valence-corrected chi connectivity index (χ3v) is 5.28. The summed E-state index contributed by atoms with van der Waals surface area (Å²) in [5.41, 5.74) is -1.51. The largest absolute Gasteiger partial charge is 0.367 e. The van der Waals surface area contributed by atoms with Gasteiger partial charge >= 0.3 is 0 Å². The average molecular weight is 426 g/mol. The summed E-state index contributed by atoms with van der Waals surface area (Å²) in [6.07, 6.45) is 1.09. The van der Waals surface area contributed by atoms with Crippen LogP contribution in [0.15, 0.2) is 24.5 Å². The molecule has 2 aromatic heterocycles. The Morgan fingerprint density at radius 2 is 2.21 bits per heavy atom. The Kier molecular flexibility index (Phi) is 3.69. The molecule has 0 spiro atoms. The molecule has 0 unspecified atom stereocenters. The zero-order valence-electron chi connectivity index (χ0n) is 20.3. The second-order valence-corrected chi connectivity index (χ2v) is 7.58. The van der Waals surface area contributed by atoms with Crippen LogP contribution in [-0.2, 0) is 6.50 Å². The minimum Gasteiger partial charge on any atom is -0.367 e. The molecule has 9 heteroatoms. The van der Waals surface area contributed by atoms with E-state index in [1.807, 2.05) is 0 Å². The normalized spacial score (nSPS) is 20.4. The van der Waals surface area contributed by atoms with Crippen molar-refractivity contribution in [3.63, 3.8) is 0 Å². The van der Waals surface area contributed by atoms with Crippen LogP contribution in [0.5, 0.6) is 0 Å². The molecule has 3 heterocycles. The van der Waals surface area contributed by atoms with Crippen molar-refractivity contribution in [1.82, 2.24) is 14.9 Å². The van der Waals surface area contributed by atoms with Crippen molar-refractivity contribution < 1.29 is 17.0 Å². The Morgan fingerprint density at radius 1 is 1.43 bits per heavy atom. The first-order valence-electron chi connectivity index (χ1n) is 11.2. The minimum atomic E-state index is -2.56. The number of fused-ring (bicyclic) bond motifs is 1. The number of anilines is 1. The van der Waals surface area contributed by atoms with Gasteiger partial charge in [0, 0.05) is 40.0 Å². The van der Waals surface area contributed by atoms with Crippen LogP contribution in [-0.4, -0.2) is 34.0 Å². The summed E-state index contributed by atoms with van der Waals surface area (Å²) in [5, 5.41) is 10.2. The molecule has 1 aliphatic rings. The van der Waals surface area contributed by atoms with Gasteiger partial charge in [0.1, 0.15) is 34.7 Å². The van der Waals surface area contributed by atoms with E-state index < -0.39 is 41.3 Å². The second kappa shape index (κ2) is 7.95. The maximum absolute atomic E-state index is 14.5. The molecule has 5 nitrogen and oxygen atoms in total. The summed E-state index contributed by atoms with van der Waals surface area (Å²) in [7, 11) is 0. The monoisotopic (exact) mass is 425 g/mol. The average Bonchev–Trinajstić information content (AvgIpc) is 3.07. The summed E-state index contributed by atoms with van der Waals surface area (Å²) >= 11 is 7.09. The summed E-state index contributed by atoms with van der Waals surface area (Å²) in [6, 6.07) is -0.620.